The van der Waals surface area contributed by atoms with Crippen molar-refractivity contribution in [2.75, 3.05) is 20.2 Å². The molecule has 6 nitrogen and oxygen atoms in total. The number of methoxy groups -OCH3 is 1. The van der Waals surface area contributed by atoms with Crippen molar-refractivity contribution >= 4 is 11.8 Å². The van der Waals surface area contributed by atoms with Gasteiger partial charge in [0, 0.05) is 32.4 Å². The summed E-state index contributed by atoms with van der Waals surface area (Å²) in [6.45, 7) is 2.40. The highest BCUT2D eigenvalue weighted by molar-refractivity contribution is 5.83. The number of nitrogens with zero attached hydrogens (tertiary/aromatic N) is 2. The number of carbonyl (C=O) groups is 2. The molecule has 0 atom stereocenters. The zero-order valence-corrected chi connectivity index (χ0v) is 14.6. The minimum atomic E-state index is -0.174. The summed E-state index contributed by atoms with van der Waals surface area (Å²) in [7, 11) is 1.63. The Kier molecular flexibility index (Phi) is 6.95. The number of carbonyl (C=O) groups excluding carboxylic acids is 2. The molecule has 1 aromatic carbocycles. The third-order valence-corrected chi connectivity index (χ3v) is 3.77. The molecule has 0 bridgehead atoms. The molecule has 0 aliphatic rings. The summed E-state index contributed by atoms with van der Waals surface area (Å²) in [6.07, 6.45) is 4.04. The number of amides is 2. The fourth-order valence-corrected chi connectivity index (χ4v) is 2.39. The van der Waals surface area contributed by atoms with Crippen molar-refractivity contribution in [1.82, 2.24) is 15.2 Å². The lowest BCUT2D eigenvalue weighted by atomic mass is 10.1. The maximum Gasteiger partial charge on any atom is 0.239 e. The molecule has 2 rings (SSSR count). The predicted molar refractivity (Wildman–Crippen MR) is 95.0 cm³/mol. The average Bonchev–Trinajstić information content (AvgIpc) is 2.62. The molecule has 132 valence electrons. The van der Waals surface area contributed by atoms with Gasteiger partial charge < -0.3 is 15.0 Å². The lowest BCUT2D eigenvalue weighted by Crippen LogP contribution is -2.39. The number of aromatic nitrogens is 1. The standard InChI is InChI=1S/C19H23N3O3/c1-15(23)22(13-17-6-9-20-10-7-17)14-19(24)21-11-8-16-4-3-5-18(12-16)25-2/h3-7,9-10,12H,8,11,13-14H2,1-2H3,(H,21,24). The van der Waals surface area contributed by atoms with Gasteiger partial charge in [-0.2, -0.15) is 0 Å². The van der Waals surface area contributed by atoms with E-state index in [4.69, 9.17) is 4.74 Å². The summed E-state index contributed by atoms with van der Waals surface area (Å²) in [5.74, 6) is 0.482. The van der Waals surface area contributed by atoms with Crippen molar-refractivity contribution in [3.63, 3.8) is 0 Å². The van der Waals surface area contributed by atoms with Crippen LogP contribution in [0.3, 0.4) is 0 Å². The van der Waals surface area contributed by atoms with Gasteiger partial charge in [0.15, 0.2) is 0 Å². The summed E-state index contributed by atoms with van der Waals surface area (Å²) in [4.78, 5) is 29.3. The minimum absolute atomic E-state index is 0.0375. The number of benzene rings is 1. The molecule has 0 fully saturated rings. The van der Waals surface area contributed by atoms with E-state index in [1.807, 2.05) is 36.4 Å². The number of pyridine rings is 1. The Balaban J connectivity index is 1.81. The first-order valence-corrected chi connectivity index (χ1v) is 8.12. The zero-order chi connectivity index (χ0) is 18.1. The molecule has 2 amide bonds. The summed E-state index contributed by atoms with van der Waals surface area (Å²) in [5.41, 5.74) is 2.02. The zero-order valence-electron chi connectivity index (χ0n) is 14.6. The van der Waals surface area contributed by atoms with Crippen LogP contribution in [0, 0.1) is 0 Å². The van der Waals surface area contributed by atoms with Crippen LogP contribution in [-0.2, 0) is 22.6 Å². The molecule has 1 heterocycles. The Morgan fingerprint density at radius 1 is 1.16 bits per heavy atom. The minimum Gasteiger partial charge on any atom is -0.497 e. The van der Waals surface area contributed by atoms with Crippen molar-refractivity contribution < 1.29 is 14.3 Å². The molecule has 0 aliphatic carbocycles. The van der Waals surface area contributed by atoms with Crippen molar-refractivity contribution in [2.24, 2.45) is 0 Å². The normalized spacial score (nSPS) is 10.2. The van der Waals surface area contributed by atoms with Gasteiger partial charge in [-0.15, -0.1) is 0 Å². The fourth-order valence-electron chi connectivity index (χ4n) is 2.39. The highest BCUT2D eigenvalue weighted by atomic mass is 16.5. The molecular formula is C19H23N3O3. The summed E-state index contributed by atoms with van der Waals surface area (Å²) in [5, 5.41) is 2.85. The van der Waals surface area contributed by atoms with Crippen LogP contribution in [0.15, 0.2) is 48.8 Å². The Hall–Kier alpha value is -2.89. The van der Waals surface area contributed by atoms with Crippen LogP contribution in [-0.4, -0.2) is 41.9 Å². The second-order valence-corrected chi connectivity index (χ2v) is 5.68. The SMILES string of the molecule is COc1cccc(CCNC(=O)CN(Cc2ccncc2)C(C)=O)c1. The lowest BCUT2D eigenvalue weighted by Gasteiger charge is -2.20. The van der Waals surface area contributed by atoms with E-state index in [2.05, 4.69) is 10.3 Å². The summed E-state index contributed by atoms with van der Waals surface area (Å²) in [6, 6.07) is 11.4. The van der Waals surface area contributed by atoms with Crippen LogP contribution < -0.4 is 10.1 Å². The monoisotopic (exact) mass is 341 g/mol. The van der Waals surface area contributed by atoms with Crippen LogP contribution in [0.2, 0.25) is 0 Å². The van der Waals surface area contributed by atoms with Crippen LogP contribution in [0.5, 0.6) is 5.75 Å². The molecule has 0 aliphatic heterocycles. The summed E-state index contributed by atoms with van der Waals surface area (Å²) < 4.78 is 5.18. The third kappa shape index (κ3) is 6.25. The fraction of sp³-hybridized carbons (Fsp3) is 0.316. The van der Waals surface area contributed by atoms with Gasteiger partial charge in [0.25, 0.3) is 0 Å². The van der Waals surface area contributed by atoms with Gasteiger partial charge in [-0.1, -0.05) is 12.1 Å². The Bertz CT molecular complexity index is 704. The molecule has 2 aromatic rings. The van der Waals surface area contributed by atoms with Crippen molar-refractivity contribution in [1.29, 1.82) is 0 Å². The van der Waals surface area contributed by atoms with E-state index in [1.54, 1.807) is 19.5 Å². The molecule has 0 saturated heterocycles. The van der Waals surface area contributed by atoms with Crippen LogP contribution in [0.1, 0.15) is 18.1 Å². The Morgan fingerprint density at radius 2 is 1.92 bits per heavy atom. The molecule has 0 radical (unpaired) electrons. The number of hydrogen-bond donors (Lipinski definition) is 1. The predicted octanol–water partition coefficient (Wildman–Crippen LogP) is 1.80. The van der Waals surface area contributed by atoms with Gasteiger partial charge in [-0.05, 0) is 41.8 Å². The highest BCUT2D eigenvalue weighted by Gasteiger charge is 2.13. The molecule has 0 spiro atoms. The van der Waals surface area contributed by atoms with E-state index < -0.39 is 0 Å². The first-order chi connectivity index (χ1) is 12.1. The van der Waals surface area contributed by atoms with Gasteiger partial charge in [0.1, 0.15) is 5.75 Å². The first-order valence-electron chi connectivity index (χ1n) is 8.12. The largest absolute Gasteiger partial charge is 0.497 e. The number of nitrogens with one attached hydrogen (secondary N) is 1. The second-order valence-electron chi connectivity index (χ2n) is 5.68. The Labute approximate surface area is 147 Å². The van der Waals surface area contributed by atoms with E-state index in [-0.39, 0.29) is 18.4 Å². The van der Waals surface area contributed by atoms with Gasteiger partial charge in [0.05, 0.1) is 13.7 Å². The lowest BCUT2D eigenvalue weighted by molar-refractivity contribution is -0.134. The second kappa shape index (κ2) is 9.42. The quantitative estimate of drug-likeness (QED) is 0.795. The van der Waals surface area contributed by atoms with Crippen LogP contribution >= 0.6 is 0 Å². The number of hydrogen-bond acceptors (Lipinski definition) is 4. The number of ether oxygens (including phenoxy) is 1. The molecule has 1 aromatic heterocycles. The van der Waals surface area contributed by atoms with Crippen molar-refractivity contribution in [3.8, 4) is 5.75 Å². The van der Waals surface area contributed by atoms with Crippen LogP contribution in [0.4, 0.5) is 0 Å². The van der Waals surface area contributed by atoms with Gasteiger partial charge in [-0.25, -0.2) is 0 Å². The molecule has 25 heavy (non-hydrogen) atoms. The molecule has 6 heteroatoms. The maximum absolute atomic E-state index is 12.1. The highest BCUT2D eigenvalue weighted by Crippen LogP contribution is 2.12. The van der Waals surface area contributed by atoms with E-state index in [0.29, 0.717) is 19.5 Å². The van der Waals surface area contributed by atoms with E-state index >= 15 is 0 Å². The molecular weight excluding hydrogens is 318 g/mol. The third-order valence-electron chi connectivity index (χ3n) is 3.77. The first kappa shape index (κ1) is 18.4. The molecule has 1 N–H and O–H groups in total. The topological polar surface area (TPSA) is 71.5 Å². The van der Waals surface area contributed by atoms with Gasteiger partial charge >= 0.3 is 0 Å². The molecule has 0 unspecified atom stereocenters. The van der Waals surface area contributed by atoms with E-state index in [9.17, 15) is 9.59 Å². The van der Waals surface area contributed by atoms with Crippen LogP contribution in [0.25, 0.3) is 0 Å². The molecule has 0 saturated carbocycles. The van der Waals surface area contributed by atoms with E-state index in [1.165, 1.54) is 11.8 Å². The maximum atomic E-state index is 12.1. The van der Waals surface area contributed by atoms with Crippen molar-refractivity contribution in [3.05, 3.63) is 59.9 Å². The smallest absolute Gasteiger partial charge is 0.239 e. The Morgan fingerprint density at radius 3 is 2.60 bits per heavy atom. The van der Waals surface area contributed by atoms with Crippen molar-refractivity contribution in [2.45, 2.75) is 19.9 Å². The average molecular weight is 341 g/mol. The summed E-state index contributed by atoms with van der Waals surface area (Å²) >= 11 is 0. The van der Waals surface area contributed by atoms with E-state index in [0.717, 1.165) is 16.9 Å². The van der Waals surface area contributed by atoms with Gasteiger partial charge in [0.2, 0.25) is 11.8 Å². The number of rotatable bonds is 8. The van der Waals surface area contributed by atoms with Gasteiger partial charge in [-0.3, -0.25) is 14.6 Å².